The summed E-state index contributed by atoms with van der Waals surface area (Å²) >= 11 is 0. The average molecular weight is 170 g/mol. The molecule has 0 radical (unpaired) electrons. The highest BCUT2D eigenvalue weighted by atomic mass is 16.2. The van der Waals surface area contributed by atoms with Crippen LogP contribution in [0.1, 0.15) is 26.7 Å². The molecule has 1 amide bonds. The Hall–Kier alpha value is -0.570. The summed E-state index contributed by atoms with van der Waals surface area (Å²) in [6, 6.07) is 0.0260. The monoisotopic (exact) mass is 170 g/mol. The number of rotatable bonds is 3. The van der Waals surface area contributed by atoms with Gasteiger partial charge in [-0.2, -0.15) is 0 Å². The zero-order valence-corrected chi connectivity index (χ0v) is 7.92. The number of hydrogen-bond acceptors (Lipinski definition) is 2. The van der Waals surface area contributed by atoms with Gasteiger partial charge >= 0.3 is 0 Å². The van der Waals surface area contributed by atoms with Crippen LogP contribution in [-0.2, 0) is 4.79 Å². The normalized spacial score (nSPS) is 21.4. The molecule has 3 heteroatoms. The maximum atomic E-state index is 11.6. The van der Waals surface area contributed by atoms with E-state index in [2.05, 4.69) is 0 Å². The van der Waals surface area contributed by atoms with E-state index in [1.54, 1.807) is 0 Å². The SMILES string of the molecule is CCC(N)C(C)C(=O)N1CCC1. The molecule has 12 heavy (non-hydrogen) atoms. The Morgan fingerprint density at radius 3 is 2.50 bits per heavy atom. The first-order valence-electron chi connectivity index (χ1n) is 4.71. The van der Waals surface area contributed by atoms with Crippen molar-refractivity contribution in [3.8, 4) is 0 Å². The van der Waals surface area contributed by atoms with Gasteiger partial charge in [-0.3, -0.25) is 4.79 Å². The highest BCUT2D eigenvalue weighted by Gasteiger charge is 2.27. The second-order valence-electron chi connectivity index (χ2n) is 3.54. The molecule has 0 aromatic carbocycles. The Morgan fingerprint density at radius 1 is 1.58 bits per heavy atom. The van der Waals surface area contributed by atoms with E-state index in [4.69, 9.17) is 5.73 Å². The molecule has 70 valence electrons. The van der Waals surface area contributed by atoms with E-state index in [0.717, 1.165) is 25.9 Å². The van der Waals surface area contributed by atoms with E-state index < -0.39 is 0 Å². The van der Waals surface area contributed by atoms with Crippen LogP contribution in [0.2, 0.25) is 0 Å². The number of carbonyl (C=O) groups excluding carboxylic acids is 1. The van der Waals surface area contributed by atoms with Gasteiger partial charge in [-0.15, -0.1) is 0 Å². The van der Waals surface area contributed by atoms with Crippen molar-refractivity contribution < 1.29 is 4.79 Å². The first-order valence-corrected chi connectivity index (χ1v) is 4.71. The van der Waals surface area contributed by atoms with Crippen molar-refractivity contribution in [2.45, 2.75) is 32.7 Å². The molecule has 1 aliphatic rings. The number of likely N-dealkylation sites (tertiary alicyclic amines) is 1. The van der Waals surface area contributed by atoms with E-state index in [1.807, 2.05) is 18.7 Å². The van der Waals surface area contributed by atoms with E-state index in [1.165, 1.54) is 0 Å². The summed E-state index contributed by atoms with van der Waals surface area (Å²) in [6.07, 6.45) is 2.03. The molecule has 0 saturated carbocycles. The van der Waals surface area contributed by atoms with Crippen molar-refractivity contribution >= 4 is 5.91 Å². The van der Waals surface area contributed by atoms with Crippen molar-refractivity contribution in [1.29, 1.82) is 0 Å². The van der Waals surface area contributed by atoms with Crippen LogP contribution >= 0.6 is 0 Å². The Kier molecular flexibility index (Phi) is 3.09. The third kappa shape index (κ3) is 1.78. The number of nitrogens with two attached hydrogens (primary N) is 1. The topological polar surface area (TPSA) is 46.3 Å². The van der Waals surface area contributed by atoms with E-state index >= 15 is 0 Å². The van der Waals surface area contributed by atoms with Gasteiger partial charge in [0.15, 0.2) is 0 Å². The van der Waals surface area contributed by atoms with Crippen molar-refractivity contribution in [3.05, 3.63) is 0 Å². The summed E-state index contributed by atoms with van der Waals surface area (Å²) < 4.78 is 0. The lowest BCUT2D eigenvalue weighted by atomic mass is 9.97. The average Bonchev–Trinajstić information content (AvgIpc) is 1.98. The van der Waals surface area contributed by atoms with Crippen LogP contribution in [0, 0.1) is 5.92 Å². The van der Waals surface area contributed by atoms with Crippen LogP contribution in [-0.4, -0.2) is 29.9 Å². The molecule has 0 bridgehead atoms. The Morgan fingerprint density at radius 2 is 2.17 bits per heavy atom. The Labute approximate surface area is 73.9 Å². The third-order valence-corrected chi connectivity index (χ3v) is 2.67. The lowest BCUT2D eigenvalue weighted by molar-refractivity contribution is -0.139. The summed E-state index contributed by atoms with van der Waals surface area (Å²) in [5.74, 6) is 0.228. The van der Waals surface area contributed by atoms with E-state index in [0.29, 0.717) is 0 Å². The predicted octanol–water partition coefficient (Wildman–Crippen LogP) is 0.592. The quantitative estimate of drug-likeness (QED) is 0.674. The number of hydrogen-bond donors (Lipinski definition) is 1. The fourth-order valence-corrected chi connectivity index (χ4v) is 1.36. The van der Waals surface area contributed by atoms with Gasteiger partial charge in [-0.25, -0.2) is 0 Å². The van der Waals surface area contributed by atoms with Crippen LogP contribution in [0.4, 0.5) is 0 Å². The number of carbonyl (C=O) groups is 1. The van der Waals surface area contributed by atoms with Crippen LogP contribution in [0.15, 0.2) is 0 Å². The van der Waals surface area contributed by atoms with Crippen molar-refractivity contribution in [1.82, 2.24) is 4.90 Å². The Bertz CT molecular complexity index is 166. The molecule has 0 aromatic rings. The minimum atomic E-state index is -0.00435. The summed E-state index contributed by atoms with van der Waals surface area (Å²) in [5, 5.41) is 0. The zero-order valence-electron chi connectivity index (χ0n) is 7.92. The fraction of sp³-hybridized carbons (Fsp3) is 0.889. The minimum Gasteiger partial charge on any atom is -0.342 e. The molecule has 2 N–H and O–H groups in total. The molecule has 2 unspecified atom stereocenters. The zero-order chi connectivity index (χ0) is 9.14. The summed E-state index contributed by atoms with van der Waals surface area (Å²) in [7, 11) is 0. The number of amides is 1. The summed E-state index contributed by atoms with van der Waals surface area (Å²) in [4.78, 5) is 13.5. The van der Waals surface area contributed by atoms with Gasteiger partial charge in [0, 0.05) is 19.1 Å². The molecule has 1 rings (SSSR count). The van der Waals surface area contributed by atoms with Crippen molar-refractivity contribution in [2.24, 2.45) is 11.7 Å². The largest absolute Gasteiger partial charge is 0.342 e. The molecule has 2 atom stereocenters. The van der Waals surface area contributed by atoms with Crippen molar-refractivity contribution in [2.75, 3.05) is 13.1 Å². The standard InChI is InChI=1S/C9H18N2O/c1-3-8(10)7(2)9(12)11-5-4-6-11/h7-8H,3-6,10H2,1-2H3. The first kappa shape index (κ1) is 9.52. The van der Waals surface area contributed by atoms with Crippen LogP contribution in [0.25, 0.3) is 0 Å². The van der Waals surface area contributed by atoms with Gasteiger partial charge in [0.25, 0.3) is 0 Å². The minimum absolute atomic E-state index is 0.00435. The molecule has 0 aliphatic carbocycles. The Balaban J connectivity index is 2.39. The summed E-state index contributed by atoms with van der Waals surface area (Å²) in [6.45, 7) is 5.80. The molecule has 1 heterocycles. The molecular formula is C9H18N2O. The van der Waals surface area contributed by atoms with Crippen LogP contribution in [0.5, 0.6) is 0 Å². The van der Waals surface area contributed by atoms with Gasteiger partial charge in [-0.05, 0) is 12.8 Å². The first-order chi connectivity index (χ1) is 5.66. The van der Waals surface area contributed by atoms with Gasteiger partial charge < -0.3 is 10.6 Å². The highest BCUT2D eigenvalue weighted by molar-refractivity contribution is 5.79. The molecule has 1 fully saturated rings. The molecule has 3 nitrogen and oxygen atoms in total. The second kappa shape index (κ2) is 3.90. The lowest BCUT2D eigenvalue weighted by Gasteiger charge is -2.34. The predicted molar refractivity (Wildman–Crippen MR) is 48.6 cm³/mol. The molecule has 1 aliphatic heterocycles. The van der Waals surface area contributed by atoms with Crippen molar-refractivity contribution in [3.63, 3.8) is 0 Å². The second-order valence-corrected chi connectivity index (χ2v) is 3.54. The molecule has 0 aromatic heterocycles. The fourth-order valence-electron chi connectivity index (χ4n) is 1.36. The smallest absolute Gasteiger partial charge is 0.226 e. The van der Waals surface area contributed by atoms with Gasteiger partial charge in [-0.1, -0.05) is 13.8 Å². The van der Waals surface area contributed by atoms with E-state index in [-0.39, 0.29) is 17.9 Å². The third-order valence-electron chi connectivity index (χ3n) is 2.67. The maximum absolute atomic E-state index is 11.6. The maximum Gasteiger partial charge on any atom is 0.226 e. The van der Waals surface area contributed by atoms with Gasteiger partial charge in [0.2, 0.25) is 5.91 Å². The summed E-state index contributed by atoms with van der Waals surface area (Å²) in [5.41, 5.74) is 5.79. The van der Waals surface area contributed by atoms with Crippen LogP contribution < -0.4 is 5.73 Å². The molecule has 0 spiro atoms. The molecule has 1 saturated heterocycles. The lowest BCUT2D eigenvalue weighted by Crippen LogP contribution is -2.48. The van der Waals surface area contributed by atoms with E-state index in [9.17, 15) is 4.79 Å². The van der Waals surface area contributed by atoms with Crippen LogP contribution in [0.3, 0.4) is 0 Å². The van der Waals surface area contributed by atoms with Gasteiger partial charge in [0.05, 0.1) is 5.92 Å². The van der Waals surface area contributed by atoms with Gasteiger partial charge in [0.1, 0.15) is 0 Å². The highest BCUT2D eigenvalue weighted by Crippen LogP contribution is 2.14. The number of nitrogens with zero attached hydrogens (tertiary/aromatic N) is 1. The molecular weight excluding hydrogens is 152 g/mol.